The summed E-state index contributed by atoms with van der Waals surface area (Å²) in [6.07, 6.45) is 16.6. The van der Waals surface area contributed by atoms with Crippen LogP contribution in [0.2, 0.25) is 0 Å². The Morgan fingerprint density at radius 1 is 0.788 bits per heavy atom. The van der Waals surface area contributed by atoms with Gasteiger partial charge in [0.05, 0.1) is 4.90 Å². The minimum Gasteiger partial charge on any atom is -0.870 e. The molecule has 5 nitrogen and oxygen atoms in total. The van der Waals surface area contributed by atoms with E-state index in [-0.39, 0.29) is 46.0 Å². The van der Waals surface area contributed by atoms with Crippen LogP contribution in [0.25, 0.3) is 0 Å². The van der Waals surface area contributed by atoms with Gasteiger partial charge in [-0.1, -0.05) is 95.4 Å². The number of hydrogen-bond donors (Lipinski definition) is 1. The van der Waals surface area contributed by atoms with Crippen molar-refractivity contribution in [2.75, 3.05) is 0 Å². The number of unbranched alkanes of at least 4 members (excludes halogenated alkanes) is 11. The van der Waals surface area contributed by atoms with Crippen LogP contribution in [-0.2, 0) is 16.5 Å². The number of hydrogen-bond acceptors (Lipinski definition) is 4. The number of ether oxygens (including phenoxy) is 1. The number of benzene rings is 2. The molecule has 0 unspecified atom stereocenters. The first-order chi connectivity index (χ1) is 15.4. The maximum atomic E-state index is 12.3. The molecule has 0 saturated heterocycles. The monoisotopic (exact) mass is 484 g/mol. The molecule has 2 rings (SSSR count). The minimum absolute atomic E-state index is 0. The summed E-state index contributed by atoms with van der Waals surface area (Å²) in [6, 6.07) is 10.5. The quantitative estimate of drug-likeness (QED) is 0.221. The molecule has 178 valence electrons. The summed E-state index contributed by atoms with van der Waals surface area (Å²) in [7, 11) is -4.25. The van der Waals surface area contributed by atoms with Crippen molar-refractivity contribution in [2.45, 2.75) is 95.3 Å². The van der Waals surface area contributed by atoms with Gasteiger partial charge in [0.2, 0.25) is 0 Å². The first-order valence-electron chi connectivity index (χ1n) is 12.0. The van der Waals surface area contributed by atoms with Crippen LogP contribution in [0.3, 0.4) is 0 Å². The predicted molar refractivity (Wildman–Crippen MR) is 127 cm³/mol. The van der Waals surface area contributed by atoms with E-state index < -0.39 is 10.1 Å². The summed E-state index contributed by atoms with van der Waals surface area (Å²) in [6.45, 7) is 2.25. The average Bonchev–Trinajstić information content (AvgIpc) is 2.76. The minimum atomic E-state index is -4.25. The fraction of sp³-hybridized carbons (Fsp3) is 0.538. The van der Waals surface area contributed by atoms with Crippen molar-refractivity contribution in [3.63, 3.8) is 0 Å². The Kier molecular flexibility index (Phi) is 15.0. The van der Waals surface area contributed by atoms with Gasteiger partial charge in [0, 0.05) is 0 Å². The molecule has 0 spiro atoms. The van der Waals surface area contributed by atoms with Crippen molar-refractivity contribution >= 4 is 10.1 Å². The maximum Gasteiger partial charge on any atom is 1.00 e. The van der Waals surface area contributed by atoms with E-state index in [1.54, 1.807) is 12.1 Å². The third-order valence-corrected chi connectivity index (χ3v) is 6.54. The molecule has 2 aromatic carbocycles. The largest absolute Gasteiger partial charge is 1.00 e. The molecule has 0 aliphatic heterocycles. The van der Waals surface area contributed by atoms with Gasteiger partial charge in [0.1, 0.15) is 11.5 Å². The van der Waals surface area contributed by atoms with Crippen LogP contribution in [0.1, 0.15) is 89.5 Å². The van der Waals surface area contributed by atoms with Crippen molar-refractivity contribution in [1.29, 1.82) is 0 Å². The van der Waals surface area contributed by atoms with E-state index in [1.807, 2.05) is 6.07 Å². The Hall–Kier alpha value is -1.05. The van der Waals surface area contributed by atoms with Crippen LogP contribution < -0.4 is 39.4 Å². The molecule has 33 heavy (non-hydrogen) atoms. The molecule has 0 radical (unpaired) electrons. The summed E-state index contributed by atoms with van der Waals surface area (Å²) in [4.78, 5) is -0.218. The molecule has 0 aromatic heterocycles. The Morgan fingerprint density at radius 2 is 1.30 bits per heavy atom. The van der Waals surface area contributed by atoms with Gasteiger partial charge in [-0.2, -0.15) is 8.42 Å². The van der Waals surface area contributed by atoms with Gasteiger partial charge in [-0.15, -0.1) is 0 Å². The van der Waals surface area contributed by atoms with Crippen molar-refractivity contribution in [3.8, 4) is 17.2 Å². The molecule has 0 aliphatic rings. The Labute approximate surface area is 222 Å². The zero-order chi connectivity index (χ0) is 23.2. The molecular weight excluding hydrogens is 447 g/mol. The third kappa shape index (κ3) is 12.3. The van der Waals surface area contributed by atoms with E-state index in [1.165, 1.54) is 94.9 Å². The van der Waals surface area contributed by atoms with Gasteiger partial charge < -0.3 is 9.84 Å². The van der Waals surface area contributed by atoms with E-state index >= 15 is 0 Å². The normalized spacial score (nSPS) is 11.2. The summed E-state index contributed by atoms with van der Waals surface area (Å²) >= 11 is 0. The molecule has 0 fully saturated rings. The molecular formula is C26H37NaO5S. The van der Waals surface area contributed by atoms with Gasteiger partial charge in [-0.05, 0) is 48.7 Å². The molecule has 1 N–H and O–H groups in total. The SMILES string of the molecule is CCCCCCCCCCCCCCc1ccc(Oc2ccc(S(=O)(=O)O)cc2)c([O-])c1.[Na+]. The van der Waals surface area contributed by atoms with Crippen LogP contribution in [0, 0.1) is 0 Å². The van der Waals surface area contributed by atoms with E-state index in [4.69, 9.17) is 9.29 Å². The Balaban J connectivity index is 0.00000544. The first kappa shape index (κ1) is 30.0. The van der Waals surface area contributed by atoms with Gasteiger partial charge in [0.15, 0.2) is 0 Å². The molecule has 0 amide bonds. The maximum absolute atomic E-state index is 12.3. The number of rotatable bonds is 16. The van der Waals surface area contributed by atoms with Crippen LogP contribution in [-0.4, -0.2) is 13.0 Å². The average molecular weight is 485 g/mol. The molecule has 0 saturated carbocycles. The smallest absolute Gasteiger partial charge is 0.870 e. The van der Waals surface area contributed by atoms with Crippen LogP contribution in [0.4, 0.5) is 0 Å². The van der Waals surface area contributed by atoms with Crippen molar-refractivity contribution in [2.24, 2.45) is 0 Å². The fourth-order valence-corrected chi connectivity index (χ4v) is 4.25. The van der Waals surface area contributed by atoms with Crippen LogP contribution >= 0.6 is 0 Å². The molecule has 0 atom stereocenters. The second-order valence-electron chi connectivity index (χ2n) is 8.47. The molecule has 0 bridgehead atoms. The van der Waals surface area contributed by atoms with Crippen molar-refractivity contribution in [3.05, 3.63) is 48.0 Å². The fourth-order valence-electron chi connectivity index (χ4n) is 3.77. The van der Waals surface area contributed by atoms with Crippen LogP contribution in [0.5, 0.6) is 17.2 Å². The van der Waals surface area contributed by atoms with Crippen molar-refractivity contribution < 1.29 is 52.4 Å². The standard InChI is InChI=1S/C26H38O5S.Na/c1-2-3-4-5-6-7-8-9-10-11-12-13-14-22-15-20-26(25(27)21-22)31-23-16-18-24(19-17-23)32(28,29)30;/h15-21,27H,2-14H2,1H3,(H,28,29,30);/q;+1/p-1. The molecule has 7 heteroatoms. The van der Waals surface area contributed by atoms with Gasteiger partial charge in [-0.25, -0.2) is 0 Å². The van der Waals surface area contributed by atoms with E-state index in [0.29, 0.717) is 5.75 Å². The van der Waals surface area contributed by atoms with E-state index in [2.05, 4.69) is 6.92 Å². The summed E-state index contributed by atoms with van der Waals surface area (Å²) < 4.78 is 36.7. The summed E-state index contributed by atoms with van der Waals surface area (Å²) in [5.41, 5.74) is 1.01. The van der Waals surface area contributed by atoms with Crippen molar-refractivity contribution in [1.82, 2.24) is 0 Å². The molecule has 0 heterocycles. The van der Waals surface area contributed by atoms with Gasteiger partial charge >= 0.3 is 29.6 Å². The van der Waals surface area contributed by atoms with Gasteiger partial charge in [0.25, 0.3) is 10.1 Å². The van der Waals surface area contributed by atoms with Gasteiger partial charge in [-0.3, -0.25) is 4.55 Å². The second-order valence-corrected chi connectivity index (χ2v) is 9.89. The number of aryl methyl sites for hydroxylation is 1. The second kappa shape index (κ2) is 16.6. The van der Waals surface area contributed by atoms with Crippen LogP contribution in [0.15, 0.2) is 47.4 Å². The first-order valence-corrected chi connectivity index (χ1v) is 13.4. The molecule has 2 aromatic rings. The summed E-state index contributed by atoms with van der Waals surface area (Å²) in [5.74, 6) is 0.339. The van der Waals surface area contributed by atoms with E-state index in [9.17, 15) is 13.5 Å². The zero-order valence-corrected chi connectivity index (χ0v) is 23.0. The predicted octanol–water partition coefficient (Wildman–Crippen LogP) is 4.05. The Morgan fingerprint density at radius 3 is 1.79 bits per heavy atom. The summed E-state index contributed by atoms with van der Waals surface area (Å²) in [5, 5.41) is 12.3. The Bertz CT molecular complexity index is 897. The zero-order valence-electron chi connectivity index (χ0n) is 20.2. The topological polar surface area (TPSA) is 86.7 Å². The van der Waals surface area contributed by atoms with E-state index in [0.717, 1.165) is 18.4 Å². The molecule has 0 aliphatic carbocycles. The third-order valence-electron chi connectivity index (χ3n) is 5.68.